The number of nitrogens with one attached hydrogen (secondary N) is 2. The number of fused-ring (bicyclic) bond motifs is 1. The van der Waals surface area contributed by atoms with Crippen molar-refractivity contribution in [2.75, 3.05) is 19.1 Å². The average Bonchev–Trinajstić information content (AvgIpc) is 3.08. The third-order valence-electron chi connectivity index (χ3n) is 3.82. The summed E-state index contributed by atoms with van der Waals surface area (Å²) >= 11 is 0. The summed E-state index contributed by atoms with van der Waals surface area (Å²) in [6, 6.07) is 7.87. The molecule has 0 unspecified atom stereocenters. The van der Waals surface area contributed by atoms with Crippen molar-refractivity contribution < 1.29 is 31.5 Å². The highest BCUT2D eigenvalue weighted by Gasteiger charge is 2.17. The molecule has 1 aliphatic rings. The number of carbonyl (C=O) groups excluding carboxylic acids is 1. The van der Waals surface area contributed by atoms with Gasteiger partial charge in [0.1, 0.15) is 11.6 Å². The summed E-state index contributed by atoms with van der Waals surface area (Å²) in [4.78, 5) is 12.1. The van der Waals surface area contributed by atoms with Crippen LogP contribution in [0.3, 0.4) is 0 Å². The lowest BCUT2D eigenvalue weighted by Gasteiger charge is -2.09. The first kappa shape index (κ1) is 19.1. The summed E-state index contributed by atoms with van der Waals surface area (Å²) in [6.07, 6.45) is 0. The van der Waals surface area contributed by atoms with Crippen molar-refractivity contribution in [1.29, 1.82) is 0 Å². The van der Waals surface area contributed by atoms with E-state index in [0.717, 1.165) is 12.1 Å². The van der Waals surface area contributed by atoms with Crippen molar-refractivity contribution in [3.63, 3.8) is 0 Å². The van der Waals surface area contributed by atoms with Gasteiger partial charge in [-0.15, -0.1) is 0 Å². The molecule has 0 atom stereocenters. The standard InChI is InChI=1S/C17H16F2N2O5S/c18-13-2-1-3-14(19)12(13)9-21-27(23,24)7-6-20-17(22)11-4-5-15-16(8-11)26-10-25-15/h1-5,8,21H,6-7,9-10H2,(H,20,22). The van der Waals surface area contributed by atoms with E-state index in [2.05, 4.69) is 10.0 Å². The predicted octanol–water partition coefficient (Wildman–Crippen LogP) is 1.54. The van der Waals surface area contributed by atoms with Crippen molar-refractivity contribution in [2.45, 2.75) is 6.54 Å². The van der Waals surface area contributed by atoms with E-state index in [1.54, 1.807) is 6.07 Å². The van der Waals surface area contributed by atoms with Crippen molar-refractivity contribution in [3.05, 3.63) is 59.2 Å². The third kappa shape index (κ3) is 4.72. The highest BCUT2D eigenvalue weighted by atomic mass is 32.2. The molecule has 10 heteroatoms. The minimum atomic E-state index is -3.84. The van der Waals surface area contributed by atoms with Crippen LogP contribution in [0.1, 0.15) is 15.9 Å². The molecule has 2 aromatic rings. The molecule has 0 radical (unpaired) electrons. The molecule has 3 rings (SSSR count). The van der Waals surface area contributed by atoms with Crippen LogP contribution in [0, 0.1) is 11.6 Å². The Balaban J connectivity index is 1.51. The summed E-state index contributed by atoms with van der Waals surface area (Å²) in [7, 11) is -3.84. The van der Waals surface area contributed by atoms with Gasteiger partial charge >= 0.3 is 0 Å². The number of rotatable bonds is 7. The minimum absolute atomic E-state index is 0.0763. The number of sulfonamides is 1. The average molecular weight is 398 g/mol. The summed E-state index contributed by atoms with van der Waals surface area (Å²) in [5.74, 6) is -1.65. The fraction of sp³-hybridized carbons (Fsp3) is 0.235. The molecule has 0 saturated heterocycles. The van der Waals surface area contributed by atoms with Gasteiger partial charge in [-0.05, 0) is 30.3 Å². The lowest BCUT2D eigenvalue weighted by Crippen LogP contribution is -2.34. The van der Waals surface area contributed by atoms with Gasteiger partial charge in [0.25, 0.3) is 5.91 Å². The number of hydrogen-bond acceptors (Lipinski definition) is 5. The number of halogens is 2. The summed E-state index contributed by atoms with van der Waals surface area (Å²) < 4.78 is 63.4. The molecule has 144 valence electrons. The van der Waals surface area contributed by atoms with Gasteiger partial charge in [-0.25, -0.2) is 21.9 Å². The van der Waals surface area contributed by atoms with E-state index in [-0.39, 0.29) is 24.5 Å². The Bertz CT molecular complexity index is 946. The summed E-state index contributed by atoms with van der Waals surface area (Å²) in [5, 5.41) is 2.46. The van der Waals surface area contributed by atoms with E-state index >= 15 is 0 Å². The summed E-state index contributed by atoms with van der Waals surface area (Å²) in [6.45, 7) is -0.619. The Morgan fingerprint density at radius 2 is 1.78 bits per heavy atom. The predicted molar refractivity (Wildman–Crippen MR) is 91.9 cm³/mol. The van der Waals surface area contributed by atoms with Crippen molar-refractivity contribution in [2.24, 2.45) is 0 Å². The van der Waals surface area contributed by atoms with Crippen molar-refractivity contribution in [1.82, 2.24) is 10.0 Å². The van der Waals surface area contributed by atoms with Gasteiger partial charge in [0, 0.05) is 24.2 Å². The first-order valence-electron chi connectivity index (χ1n) is 7.94. The maximum Gasteiger partial charge on any atom is 0.251 e. The number of carbonyl (C=O) groups is 1. The van der Waals surface area contributed by atoms with Crippen LogP contribution in [-0.4, -0.2) is 33.4 Å². The Morgan fingerprint density at radius 1 is 1.07 bits per heavy atom. The molecule has 0 fully saturated rings. The molecule has 1 amide bonds. The molecule has 0 spiro atoms. The second kappa shape index (κ2) is 7.89. The molecule has 2 N–H and O–H groups in total. The van der Waals surface area contributed by atoms with Crippen LogP contribution in [0.25, 0.3) is 0 Å². The molecule has 27 heavy (non-hydrogen) atoms. The molecule has 7 nitrogen and oxygen atoms in total. The van der Waals surface area contributed by atoms with Crippen LogP contribution >= 0.6 is 0 Å². The third-order valence-corrected chi connectivity index (χ3v) is 5.15. The molecule has 2 aromatic carbocycles. The SMILES string of the molecule is O=C(NCCS(=O)(=O)NCc1c(F)cccc1F)c1ccc2c(c1)OCO2. The molecule has 0 aromatic heterocycles. The molecular weight excluding hydrogens is 382 g/mol. The molecule has 0 saturated carbocycles. The lowest BCUT2D eigenvalue weighted by atomic mass is 10.2. The van der Waals surface area contributed by atoms with Crippen LogP contribution in [0.15, 0.2) is 36.4 Å². The Kier molecular flexibility index (Phi) is 5.57. The van der Waals surface area contributed by atoms with Crippen LogP contribution in [0.4, 0.5) is 8.78 Å². The fourth-order valence-corrected chi connectivity index (χ4v) is 3.27. The quantitative estimate of drug-likeness (QED) is 0.738. The number of hydrogen-bond donors (Lipinski definition) is 2. The smallest absolute Gasteiger partial charge is 0.251 e. The van der Waals surface area contributed by atoms with Gasteiger partial charge in [-0.1, -0.05) is 6.07 Å². The molecular formula is C17H16F2N2O5S. The highest BCUT2D eigenvalue weighted by molar-refractivity contribution is 7.89. The summed E-state index contributed by atoms with van der Waals surface area (Å²) in [5.41, 5.74) is -0.0801. The van der Waals surface area contributed by atoms with E-state index in [9.17, 15) is 22.0 Å². The maximum absolute atomic E-state index is 13.5. The number of amides is 1. The lowest BCUT2D eigenvalue weighted by molar-refractivity contribution is 0.0955. The van der Waals surface area contributed by atoms with Gasteiger partial charge in [-0.3, -0.25) is 4.79 Å². The van der Waals surface area contributed by atoms with Crippen LogP contribution in [-0.2, 0) is 16.6 Å². The van der Waals surface area contributed by atoms with E-state index in [4.69, 9.17) is 9.47 Å². The first-order chi connectivity index (χ1) is 12.9. The van der Waals surface area contributed by atoms with Gasteiger partial charge in [0.2, 0.25) is 16.8 Å². The van der Waals surface area contributed by atoms with Gasteiger partial charge in [0.05, 0.1) is 5.75 Å². The Hall–Kier alpha value is -2.72. The van der Waals surface area contributed by atoms with Crippen LogP contribution < -0.4 is 19.5 Å². The largest absolute Gasteiger partial charge is 0.454 e. The van der Waals surface area contributed by atoms with Gasteiger partial charge in [0.15, 0.2) is 11.5 Å². The fourth-order valence-electron chi connectivity index (χ4n) is 2.39. The Morgan fingerprint density at radius 3 is 2.52 bits per heavy atom. The second-order valence-corrected chi connectivity index (χ2v) is 7.59. The van der Waals surface area contributed by atoms with E-state index in [1.165, 1.54) is 18.2 Å². The van der Waals surface area contributed by atoms with Crippen molar-refractivity contribution in [3.8, 4) is 11.5 Å². The van der Waals surface area contributed by atoms with E-state index in [1.807, 2.05) is 0 Å². The highest BCUT2D eigenvalue weighted by Crippen LogP contribution is 2.32. The zero-order valence-corrected chi connectivity index (χ0v) is 14.8. The zero-order chi connectivity index (χ0) is 19.4. The molecule has 1 aliphatic heterocycles. The minimum Gasteiger partial charge on any atom is -0.454 e. The zero-order valence-electron chi connectivity index (χ0n) is 14.0. The first-order valence-corrected chi connectivity index (χ1v) is 9.59. The van der Waals surface area contributed by atoms with Gasteiger partial charge < -0.3 is 14.8 Å². The molecule has 1 heterocycles. The van der Waals surface area contributed by atoms with Crippen molar-refractivity contribution >= 4 is 15.9 Å². The van der Waals surface area contributed by atoms with E-state index in [0.29, 0.717) is 11.5 Å². The van der Waals surface area contributed by atoms with Gasteiger partial charge in [-0.2, -0.15) is 0 Å². The van der Waals surface area contributed by atoms with E-state index < -0.39 is 39.9 Å². The van der Waals surface area contributed by atoms with Crippen LogP contribution in [0.5, 0.6) is 11.5 Å². The van der Waals surface area contributed by atoms with Crippen LogP contribution in [0.2, 0.25) is 0 Å². The maximum atomic E-state index is 13.5. The molecule has 0 bridgehead atoms. The normalized spacial score (nSPS) is 12.8. The number of benzene rings is 2. The monoisotopic (exact) mass is 398 g/mol. The topological polar surface area (TPSA) is 93.7 Å². The Labute approximate surface area is 154 Å². The second-order valence-electron chi connectivity index (χ2n) is 5.66. The molecule has 0 aliphatic carbocycles. The number of ether oxygens (including phenoxy) is 2.